The van der Waals surface area contributed by atoms with Crippen molar-refractivity contribution in [3.05, 3.63) is 49.3 Å². The van der Waals surface area contributed by atoms with Crippen LogP contribution in [0.2, 0.25) is 0 Å². The van der Waals surface area contributed by atoms with Crippen LogP contribution in [0, 0.1) is 0 Å². The second-order valence-electron chi connectivity index (χ2n) is 8.87. The summed E-state index contributed by atoms with van der Waals surface area (Å²) in [6, 6.07) is 0. The molecule has 0 saturated heterocycles. The molecule has 10 heteroatoms. The summed E-state index contributed by atoms with van der Waals surface area (Å²) in [6.45, 7) is 20.1. The Labute approximate surface area is 219 Å². The van der Waals surface area contributed by atoms with E-state index >= 15 is 0 Å². The summed E-state index contributed by atoms with van der Waals surface area (Å²) in [5.74, 6) is -1.76. The molecule has 1 fully saturated rings. The van der Waals surface area contributed by atoms with E-state index in [0.717, 1.165) is 0 Å². The third-order valence-corrected chi connectivity index (χ3v) is 5.28. The van der Waals surface area contributed by atoms with Gasteiger partial charge in [-0.1, -0.05) is 19.7 Å². The molecule has 1 aliphatic carbocycles. The van der Waals surface area contributed by atoms with Gasteiger partial charge in [0.1, 0.15) is 0 Å². The van der Waals surface area contributed by atoms with Gasteiger partial charge < -0.3 is 33.2 Å². The van der Waals surface area contributed by atoms with Crippen molar-refractivity contribution in [2.45, 2.75) is 104 Å². The largest absolute Gasteiger partial charge is 0.473 e. The van der Waals surface area contributed by atoms with E-state index in [9.17, 15) is 14.4 Å². The Morgan fingerprint density at radius 3 is 1.89 bits per heavy atom. The summed E-state index contributed by atoms with van der Waals surface area (Å²) in [4.78, 5) is 36.1. The first-order valence-electron chi connectivity index (χ1n) is 12.1. The van der Waals surface area contributed by atoms with Gasteiger partial charge in [-0.3, -0.25) is 0 Å². The van der Waals surface area contributed by atoms with Gasteiger partial charge in [0.15, 0.2) is 6.29 Å². The molecule has 10 nitrogen and oxygen atoms in total. The maximum Gasteiger partial charge on any atom is 0.335 e. The average molecular weight is 525 g/mol. The van der Waals surface area contributed by atoms with Crippen molar-refractivity contribution in [3.8, 4) is 0 Å². The normalized spacial score (nSPS) is 22.7. The van der Waals surface area contributed by atoms with E-state index in [0.29, 0.717) is 25.7 Å². The average Bonchev–Trinajstić information content (AvgIpc) is 2.79. The zero-order valence-corrected chi connectivity index (χ0v) is 22.7. The van der Waals surface area contributed by atoms with Crippen LogP contribution in [0.15, 0.2) is 49.3 Å². The van der Waals surface area contributed by atoms with Crippen molar-refractivity contribution in [2.24, 2.45) is 0 Å². The predicted octanol–water partition coefficient (Wildman–Crippen LogP) is 4.60. The molecule has 37 heavy (non-hydrogen) atoms. The number of hydrogen-bond donors (Lipinski definition) is 0. The topological polar surface area (TPSA) is 116 Å². The number of carbonyl (C=O) groups excluding carboxylic acids is 3. The van der Waals surface area contributed by atoms with Gasteiger partial charge in [0, 0.05) is 17.2 Å². The lowest BCUT2D eigenvalue weighted by molar-refractivity contribution is -0.215. The molecule has 1 aliphatic rings. The lowest BCUT2D eigenvalue weighted by atomic mass is 9.82. The minimum absolute atomic E-state index is 0.210. The quantitative estimate of drug-likeness (QED) is 0.0989. The van der Waals surface area contributed by atoms with Crippen molar-refractivity contribution >= 4 is 17.9 Å². The molecule has 0 aliphatic heterocycles. The fourth-order valence-electron chi connectivity index (χ4n) is 3.58. The van der Waals surface area contributed by atoms with Crippen LogP contribution in [0.5, 0.6) is 0 Å². The first kappa shape index (κ1) is 32.1. The van der Waals surface area contributed by atoms with Crippen molar-refractivity contribution in [1.82, 2.24) is 0 Å². The number of carbonyl (C=O) groups is 3. The molecule has 4 atom stereocenters. The van der Waals surface area contributed by atoms with Crippen LogP contribution in [0.1, 0.15) is 67.2 Å². The fourth-order valence-corrected chi connectivity index (χ4v) is 3.58. The SMILES string of the molecule is C=COC(C)OC(C)OC(=O)/C=C/C1(OC(C)OC(=O)C(=C)C)CCC(OC(C)OC(=O)C(=C)C)CC1. The van der Waals surface area contributed by atoms with E-state index in [-0.39, 0.29) is 17.3 Å². The molecule has 0 radical (unpaired) electrons. The number of rotatable bonds is 15. The second kappa shape index (κ2) is 15.3. The molecule has 1 saturated carbocycles. The van der Waals surface area contributed by atoms with E-state index in [1.165, 1.54) is 19.3 Å². The van der Waals surface area contributed by atoms with Crippen molar-refractivity contribution in [2.75, 3.05) is 0 Å². The first-order chi connectivity index (χ1) is 17.3. The van der Waals surface area contributed by atoms with E-state index in [2.05, 4.69) is 19.7 Å². The minimum Gasteiger partial charge on any atom is -0.473 e. The Kier molecular flexibility index (Phi) is 13.3. The Balaban J connectivity index is 2.86. The summed E-state index contributed by atoms with van der Waals surface area (Å²) in [7, 11) is 0. The van der Waals surface area contributed by atoms with Crippen molar-refractivity contribution < 1.29 is 47.5 Å². The Morgan fingerprint density at radius 2 is 1.38 bits per heavy atom. The molecule has 0 heterocycles. The molecule has 0 spiro atoms. The highest BCUT2D eigenvalue weighted by molar-refractivity contribution is 5.87. The summed E-state index contributed by atoms with van der Waals surface area (Å²) in [5.41, 5.74) is -0.416. The summed E-state index contributed by atoms with van der Waals surface area (Å²) < 4.78 is 38.1. The summed E-state index contributed by atoms with van der Waals surface area (Å²) >= 11 is 0. The summed E-state index contributed by atoms with van der Waals surface area (Å²) in [5, 5.41) is 0. The monoisotopic (exact) mass is 524 g/mol. The third kappa shape index (κ3) is 12.2. The Bertz CT molecular complexity index is 853. The van der Waals surface area contributed by atoms with Crippen molar-refractivity contribution in [3.63, 3.8) is 0 Å². The lowest BCUT2D eigenvalue weighted by Gasteiger charge is -2.39. The highest BCUT2D eigenvalue weighted by Gasteiger charge is 2.38. The van der Waals surface area contributed by atoms with E-state index in [1.807, 2.05) is 0 Å². The van der Waals surface area contributed by atoms with Crippen LogP contribution < -0.4 is 0 Å². The van der Waals surface area contributed by atoms with Gasteiger partial charge in [-0.2, -0.15) is 0 Å². The van der Waals surface area contributed by atoms with Gasteiger partial charge in [-0.25, -0.2) is 14.4 Å². The predicted molar refractivity (Wildman–Crippen MR) is 134 cm³/mol. The Hall–Kier alpha value is -2.95. The number of hydrogen-bond acceptors (Lipinski definition) is 10. The van der Waals surface area contributed by atoms with E-state index in [1.54, 1.807) is 40.7 Å². The van der Waals surface area contributed by atoms with Gasteiger partial charge in [0.05, 0.1) is 18.0 Å². The molecule has 1 rings (SSSR count). The molecular weight excluding hydrogens is 484 g/mol. The fraction of sp³-hybridized carbons (Fsp3) is 0.593. The van der Waals surface area contributed by atoms with Crippen LogP contribution >= 0.6 is 0 Å². The molecule has 0 aromatic rings. The van der Waals surface area contributed by atoms with Gasteiger partial charge in [0.25, 0.3) is 0 Å². The smallest absolute Gasteiger partial charge is 0.335 e. The van der Waals surface area contributed by atoms with Gasteiger partial charge in [0.2, 0.25) is 18.9 Å². The zero-order valence-electron chi connectivity index (χ0n) is 22.7. The molecule has 4 unspecified atom stereocenters. The third-order valence-electron chi connectivity index (χ3n) is 5.28. The second-order valence-corrected chi connectivity index (χ2v) is 8.87. The van der Waals surface area contributed by atoms with Gasteiger partial charge in [-0.05, 0) is 73.3 Å². The van der Waals surface area contributed by atoms with Crippen LogP contribution in [-0.4, -0.2) is 54.8 Å². The molecule has 0 amide bonds. The minimum atomic E-state index is -0.936. The van der Waals surface area contributed by atoms with E-state index < -0.39 is 48.7 Å². The molecule has 0 aromatic carbocycles. The molecule has 0 N–H and O–H groups in total. The van der Waals surface area contributed by atoms with E-state index in [4.69, 9.17) is 33.2 Å². The Morgan fingerprint density at radius 1 is 0.838 bits per heavy atom. The molecule has 0 bridgehead atoms. The maximum absolute atomic E-state index is 12.4. The van der Waals surface area contributed by atoms with Crippen LogP contribution in [0.25, 0.3) is 0 Å². The number of ether oxygens (including phenoxy) is 7. The van der Waals surface area contributed by atoms with Gasteiger partial charge in [-0.15, -0.1) is 0 Å². The molecule has 208 valence electrons. The van der Waals surface area contributed by atoms with Gasteiger partial charge >= 0.3 is 17.9 Å². The molecule has 0 aromatic heterocycles. The maximum atomic E-state index is 12.4. The van der Waals surface area contributed by atoms with Crippen LogP contribution in [0.4, 0.5) is 0 Å². The van der Waals surface area contributed by atoms with Crippen LogP contribution in [-0.2, 0) is 47.5 Å². The zero-order chi connectivity index (χ0) is 28.2. The first-order valence-corrected chi connectivity index (χ1v) is 12.1. The summed E-state index contributed by atoms with van der Waals surface area (Å²) in [6.07, 6.45) is 2.64. The highest BCUT2D eigenvalue weighted by Crippen LogP contribution is 2.36. The standard InChI is InChI=1S/C27H40O10/c1-10-31-19(6)32-20(7)34-24(28)13-16-27(37-22(9)36-26(30)18(4)5)14-11-23(12-15-27)33-21(8)35-25(29)17(2)3/h10,13,16,19-23H,1-2,4,11-12,14-15H2,3,5-9H3/b16-13+. The lowest BCUT2D eigenvalue weighted by Crippen LogP contribution is -2.42. The highest BCUT2D eigenvalue weighted by atomic mass is 16.8. The molecular formula is C27H40O10. The number of esters is 3. The van der Waals surface area contributed by atoms with Crippen molar-refractivity contribution in [1.29, 1.82) is 0 Å². The van der Waals surface area contributed by atoms with Crippen LogP contribution in [0.3, 0.4) is 0 Å².